The Bertz CT molecular complexity index is 661. The highest BCUT2D eigenvalue weighted by Crippen LogP contribution is 2.27. The van der Waals surface area contributed by atoms with E-state index in [0.717, 1.165) is 17.8 Å². The van der Waals surface area contributed by atoms with Crippen molar-refractivity contribution in [2.24, 2.45) is 0 Å². The lowest BCUT2D eigenvalue weighted by Crippen LogP contribution is -2.30. The van der Waals surface area contributed by atoms with Crippen LogP contribution < -0.4 is 10.4 Å². The lowest BCUT2D eigenvalue weighted by Gasteiger charge is -2.18. The highest BCUT2D eigenvalue weighted by Gasteiger charge is 2.16. The maximum absolute atomic E-state index is 8.80. The minimum Gasteiger partial charge on any atom is -0.297 e. The molecule has 19 heavy (non-hydrogen) atoms. The molecule has 3 rings (SSSR count). The van der Waals surface area contributed by atoms with Gasteiger partial charge in [-0.05, 0) is 47.7 Å². The monoisotopic (exact) mass is 267 g/mol. The molecular weight excluding hydrogens is 254 g/mol. The van der Waals surface area contributed by atoms with E-state index in [2.05, 4.69) is 41.0 Å². The summed E-state index contributed by atoms with van der Waals surface area (Å²) in [6.45, 7) is 2.96. The molecule has 94 valence electrons. The van der Waals surface area contributed by atoms with E-state index in [1.54, 1.807) is 11.3 Å². The van der Waals surface area contributed by atoms with Crippen LogP contribution in [0.2, 0.25) is 0 Å². The number of hydrogen-bond donors (Lipinski definition) is 1. The molecule has 1 aliphatic rings. The Balaban J connectivity index is 1.76. The Morgan fingerprint density at radius 1 is 1.32 bits per heavy atom. The molecule has 2 heterocycles. The van der Waals surface area contributed by atoms with Crippen LogP contribution in [0.5, 0.6) is 0 Å². The fourth-order valence-corrected chi connectivity index (χ4v) is 2.90. The summed E-state index contributed by atoms with van der Waals surface area (Å²) in [7, 11) is 0. The molecule has 0 atom stereocenters. The van der Waals surface area contributed by atoms with Crippen LogP contribution in [0.4, 0.5) is 5.00 Å². The van der Waals surface area contributed by atoms with Crippen LogP contribution in [0, 0.1) is 18.3 Å². The number of anilines is 1. The molecule has 1 N–H and O–H groups in total. The smallest absolute Gasteiger partial charge is 0.110 e. The summed E-state index contributed by atoms with van der Waals surface area (Å²) in [6.07, 6.45) is 2.16. The second-order valence-electron chi connectivity index (χ2n) is 4.49. The lowest BCUT2D eigenvalue weighted by molar-refractivity contribution is 0.862. The summed E-state index contributed by atoms with van der Waals surface area (Å²) in [5, 5.41) is 14.3. The van der Waals surface area contributed by atoms with Gasteiger partial charge in [0, 0.05) is 0 Å². The van der Waals surface area contributed by atoms with Crippen molar-refractivity contribution < 1.29 is 0 Å². The Morgan fingerprint density at radius 2 is 2.11 bits per heavy atom. The number of hydrogen-bond acceptors (Lipinski definition) is 4. The minimum atomic E-state index is 0.688. The normalized spacial score (nSPS) is 13.9. The largest absolute Gasteiger partial charge is 0.297 e. The molecule has 0 fully saturated rings. The molecule has 0 radical (unpaired) electrons. The first-order valence-corrected chi connectivity index (χ1v) is 6.94. The average molecular weight is 267 g/mol. The minimum absolute atomic E-state index is 0.688. The van der Waals surface area contributed by atoms with Gasteiger partial charge in [-0.25, -0.2) is 0 Å². The molecule has 0 spiro atoms. The summed E-state index contributed by atoms with van der Waals surface area (Å²) >= 11 is 1.74. The number of benzene rings is 1. The molecule has 1 aliphatic heterocycles. The predicted octanol–water partition coefficient (Wildman–Crippen LogP) is 3.29. The zero-order valence-electron chi connectivity index (χ0n) is 10.6. The molecule has 0 unspecified atom stereocenters. The van der Waals surface area contributed by atoms with Gasteiger partial charge in [0.2, 0.25) is 0 Å². The highest BCUT2D eigenvalue weighted by atomic mass is 32.1. The number of nitriles is 1. The number of nitrogens with zero attached hydrogens (tertiary/aromatic N) is 2. The van der Waals surface area contributed by atoms with E-state index in [1.807, 2.05) is 24.3 Å². The van der Waals surface area contributed by atoms with Gasteiger partial charge in [-0.3, -0.25) is 10.4 Å². The van der Waals surface area contributed by atoms with Gasteiger partial charge in [-0.2, -0.15) is 5.26 Å². The number of nitrogens with one attached hydrogen (secondary N) is 1. The highest BCUT2D eigenvalue weighted by molar-refractivity contribution is 7.14. The summed E-state index contributed by atoms with van der Waals surface area (Å²) in [4.78, 5) is 0. The van der Waals surface area contributed by atoms with Crippen LogP contribution >= 0.6 is 11.3 Å². The number of hydrazine groups is 1. The molecule has 1 aromatic carbocycles. The molecule has 0 amide bonds. The fourth-order valence-electron chi connectivity index (χ4n) is 2.03. The van der Waals surface area contributed by atoms with Gasteiger partial charge >= 0.3 is 0 Å². The van der Waals surface area contributed by atoms with Crippen LogP contribution in [-0.2, 0) is 0 Å². The third kappa shape index (κ3) is 2.33. The van der Waals surface area contributed by atoms with E-state index in [4.69, 9.17) is 5.26 Å². The lowest BCUT2D eigenvalue weighted by atomic mass is 10.1. The quantitative estimate of drug-likeness (QED) is 0.907. The molecule has 0 bridgehead atoms. The Hall–Kier alpha value is -2.25. The van der Waals surface area contributed by atoms with Gasteiger partial charge in [-0.1, -0.05) is 12.1 Å². The Kier molecular flexibility index (Phi) is 2.98. The van der Waals surface area contributed by atoms with E-state index in [0.29, 0.717) is 5.56 Å². The van der Waals surface area contributed by atoms with E-state index < -0.39 is 0 Å². The summed E-state index contributed by atoms with van der Waals surface area (Å²) in [5.41, 5.74) is 7.57. The van der Waals surface area contributed by atoms with Crippen molar-refractivity contribution in [2.75, 3.05) is 11.6 Å². The molecule has 1 aromatic heterocycles. The molecule has 0 saturated heterocycles. The number of aryl methyl sites for hydroxylation is 1. The predicted molar refractivity (Wildman–Crippen MR) is 78.7 cm³/mol. The van der Waals surface area contributed by atoms with Crippen molar-refractivity contribution in [3.63, 3.8) is 0 Å². The third-order valence-corrected chi connectivity index (χ3v) is 4.11. The first-order chi connectivity index (χ1) is 9.26. The van der Waals surface area contributed by atoms with E-state index in [-0.39, 0.29) is 0 Å². The zero-order chi connectivity index (χ0) is 13.2. The standard InChI is InChI=1S/C15H13N3S/c1-11-8-15(19-10-11)18-7-6-14(17-18)13-4-2-12(9-16)3-5-13/h2-6,8,10,17H,7H2,1H3. The van der Waals surface area contributed by atoms with Gasteiger partial charge in [0.25, 0.3) is 0 Å². The Morgan fingerprint density at radius 3 is 2.74 bits per heavy atom. The molecule has 0 saturated carbocycles. The maximum Gasteiger partial charge on any atom is 0.110 e. The van der Waals surface area contributed by atoms with Crippen LogP contribution in [0.3, 0.4) is 0 Å². The molecule has 2 aromatic rings. The van der Waals surface area contributed by atoms with Crippen LogP contribution in [0.15, 0.2) is 41.8 Å². The SMILES string of the molecule is Cc1csc(N2CC=C(c3ccc(C#N)cc3)N2)c1. The molecule has 3 nitrogen and oxygen atoms in total. The Labute approximate surface area is 116 Å². The van der Waals surface area contributed by atoms with Crippen molar-refractivity contribution in [3.05, 3.63) is 58.5 Å². The van der Waals surface area contributed by atoms with E-state index >= 15 is 0 Å². The van der Waals surface area contributed by atoms with Gasteiger partial charge in [0.1, 0.15) is 5.00 Å². The van der Waals surface area contributed by atoms with Crippen molar-refractivity contribution >= 4 is 22.0 Å². The van der Waals surface area contributed by atoms with Crippen molar-refractivity contribution in [1.82, 2.24) is 5.43 Å². The van der Waals surface area contributed by atoms with E-state index in [1.165, 1.54) is 10.6 Å². The first-order valence-electron chi connectivity index (χ1n) is 6.06. The van der Waals surface area contributed by atoms with Crippen LogP contribution in [0.1, 0.15) is 16.7 Å². The van der Waals surface area contributed by atoms with Crippen LogP contribution in [0.25, 0.3) is 5.70 Å². The second-order valence-corrected chi connectivity index (χ2v) is 5.38. The topological polar surface area (TPSA) is 39.1 Å². The summed E-state index contributed by atoms with van der Waals surface area (Å²) in [5.74, 6) is 0. The molecule has 0 aliphatic carbocycles. The molecule has 4 heteroatoms. The van der Waals surface area contributed by atoms with Crippen molar-refractivity contribution in [2.45, 2.75) is 6.92 Å². The van der Waals surface area contributed by atoms with Crippen molar-refractivity contribution in [1.29, 1.82) is 5.26 Å². The number of rotatable bonds is 2. The average Bonchev–Trinajstić information content (AvgIpc) is 3.07. The summed E-state index contributed by atoms with van der Waals surface area (Å²) in [6, 6.07) is 11.9. The second kappa shape index (κ2) is 4.79. The maximum atomic E-state index is 8.80. The zero-order valence-corrected chi connectivity index (χ0v) is 11.4. The molecular formula is C15H13N3S. The third-order valence-electron chi connectivity index (χ3n) is 3.04. The summed E-state index contributed by atoms with van der Waals surface area (Å²) < 4.78 is 0. The van der Waals surface area contributed by atoms with Crippen molar-refractivity contribution in [3.8, 4) is 6.07 Å². The fraction of sp³-hybridized carbons (Fsp3) is 0.133. The van der Waals surface area contributed by atoms with Gasteiger partial charge in [0.15, 0.2) is 0 Å². The van der Waals surface area contributed by atoms with Gasteiger partial charge < -0.3 is 0 Å². The van der Waals surface area contributed by atoms with Gasteiger partial charge in [-0.15, -0.1) is 11.3 Å². The number of thiophene rings is 1. The van der Waals surface area contributed by atoms with E-state index in [9.17, 15) is 0 Å². The van der Waals surface area contributed by atoms with Crippen LogP contribution in [-0.4, -0.2) is 6.54 Å². The first kappa shape index (κ1) is 11.8. The van der Waals surface area contributed by atoms with Gasteiger partial charge in [0.05, 0.1) is 23.9 Å².